The molecule has 0 radical (unpaired) electrons. The second kappa shape index (κ2) is 7.17. The monoisotopic (exact) mass is 249 g/mol. The quantitative estimate of drug-likeness (QED) is 0.755. The van der Waals surface area contributed by atoms with Crippen LogP contribution in [-0.4, -0.2) is 26.5 Å². The average molecular weight is 249 g/mol. The number of ether oxygens (including phenoxy) is 1. The number of nitrogens with one attached hydrogen (secondary N) is 1. The fraction of sp³-hybridized carbons (Fsp3) is 0.533. The molecule has 0 amide bonds. The molecule has 100 valence electrons. The second-order valence-electron chi connectivity index (χ2n) is 4.41. The third-order valence-corrected chi connectivity index (χ3v) is 3.26. The van der Waals surface area contributed by atoms with Crippen LogP contribution >= 0.6 is 0 Å². The number of carbonyl (C=O) groups is 1. The van der Waals surface area contributed by atoms with Gasteiger partial charge in [-0.15, -0.1) is 0 Å². The SMILES string of the molecule is CCc1cc(C(=O)C(CC)CNC)ccc1OC. The van der Waals surface area contributed by atoms with Crippen LogP contribution in [0.25, 0.3) is 0 Å². The third kappa shape index (κ3) is 3.33. The largest absolute Gasteiger partial charge is 0.496 e. The standard InChI is InChI=1S/C15H23NO2/c1-5-11-9-13(7-8-14(11)18-4)15(17)12(6-2)10-16-3/h7-9,12,16H,5-6,10H2,1-4H3. The van der Waals surface area contributed by atoms with E-state index in [0.29, 0.717) is 0 Å². The van der Waals surface area contributed by atoms with Gasteiger partial charge in [-0.3, -0.25) is 4.79 Å². The lowest BCUT2D eigenvalue weighted by Gasteiger charge is -2.14. The zero-order valence-electron chi connectivity index (χ0n) is 11.7. The van der Waals surface area contributed by atoms with E-state index in [-0.39, 0.29) is 11.7 Å². The van der Waals surface area contributed by atoms with Crippen molar-refractivity contribution in [3.63, 3.8) is 0 Å². The van der Waals surface area contributed by atoms with Crippen LogP contribution in [0.15, 0.2) is 18.2 Å². The van der Waals surface area contributed by atoms with E-state index in [4.69, 9.17) is 4.74 Å². The molecule has 0 aromatic heterocycles. The van der Waals surface area contributed by atoms with E-state index in [9.17, 15) is 4.79 Å². The predicted octanol–water partition coefficient (Wildman–Crippen LogP) is 2.69. The second-order valence-corrected chi connectivity index (χ2v) is 4.41. The smallest absolute Gasteiger partial charge is 0.167 e. The molecule has 3 nitrogen and oxygen atoms in total. The van der Waals surface area contributed by atoms with Crippen molar-refractivity contribution in [3.8, 4) is 5.75 Å². The molecule has 0 aliphatic rings. The Hall–Kier alpha value is -1.35. The van der Waals surface area contributed by atoms with Crippen molar-refractivity contribution in [1.29, 1.82) is 0 Å². The van der Waals surface area contributed by atoms with E-state index in [2.05, 4.69) is 12.2 Å². The van der Waals surface area contributed by atoms with Crippen molar-refractivity contribution in [3.05, 3.63) is 29.3 Å². The number of ketones is 1. The number of carbonyl (C=O) groups excluding carboxylic acids is 1. The zero-order valence-corrected chi connectivity index (χ0v) is 11.7. The normalized spacial score (nSPS) is 12.2. The maximum absolute atomic E-state index is 12.4. The van der Waals surface area contributed by atoms with E-state index < -0.39 is 0 Å². The Morgan fingerprint density at radius 1 is 1.39 bits per heavy atom. The first-order chi connectivity index (χ1) is 8.67. The lowest BCUT2D eigenvalue weighted by Crippen LogP contribution is -2.25. The molecule has 0 saturated carbocycles. The van der Waals surface area contributed by atoms with Gasteiger partial charge in [0.2, 0.25) is 0 Å². The fourth-order valence-electron chi connectivity index (χ4n) is 2.11. The van der Waals surface area contributed by atoms with Gasteiger partial charge in [0.15, 0.2) is 5.78 Å². The van der Waals surface area contributed by atoms with Crippen LogP contribution < -0.4 is 10.1 Å². The maximum Gasteiger partial charge on any atom is 0.167 e. The molecule has 0 aliphatic carbocycles. The maximum atomic E-state index is 12.4. The summed E-state index contributed by atoms with van der Waals surface area (Å²) >= 11 is 0. The van der Waals surface area contributed by atoms with Crippen molar-refractivity contribution in [2.75, 3.05) is 20.7 Å². The van der Waals surface area contributed by atoms with E-state index in [1.807, 2.05) is 32.2 Å². The Kier molecular flexibility index (Phi) is 5.86. The van der Waals surface area contributed by atoms with Gasteiger partial charge in [0.1, 0.15) is 5.75 Å². The number of hydrogen-bond donors (Lipinski definition) is 1. The third-order valence-electron chi connectivity index (χ3n) is 3.26. The van der Waals surface area contributed by atoms with Gasteiger partial charge in [0.25, 0.3) is 0 Å². The molecule has 0 spiro atoms. The molecule has 0 saturated heterocycles. The van der Waals surface area contributed by atoms with Gasteiger partial charge in [-0.25, -0.2) is 0 Å². The highest BCUT2D eigenvalue weighted by atomic mass is 16.5. The lowest BCUT2D eigenvalue weighted by atomic mass is 9.93. The highest BCUT2D eigenvalue weighted by Gasteiger charge is 2.18. The first kappa shape index (κ1) is 14.7. The molecule has 1 rings (SSSR count). The van der Waals surface area contributed by atoms with Crippen LogP contribution in [-0.2, 0) is 6.42 Å². The lowest BCUT2D eigenvalue weighted by molar-refractivity contribution is 0.0916. The number of Topliss-reactive ketones (excluding diaryl/α,β-unsaturated/α-hetero) is 1. The first-order valence-corrected chi connectivity index (χ1v) is 6.53. The molecular weight excluding hydrogens is 226 g/mol. The minimum Gasteiger partial charge on any atom is -0.496 e. The molecule has 3 heteroatoms. The Labute approximate surface area is 110 Å². The minimum absolute atomic E-state index is 0.0492. The van der Waals surface area contributed by atoms with Crippen LogP contribution in [0.2, 0.25) is 0 Å². The number of methoxy groups -OCH3 is 1. The summed E-state index contributed by atoms with van der Waals surface area (Å²) in [4.78, 5) is 12.4. The summed E-state index contributed by atoms with van der Waals surface area (Å²) < 4.78 is 5.28. The summed E-state index contributed by atoms with van der Waals surface area (Å²) in [6, 6.07) is 5.70. The van der Waals surface area contributed by atoms with Crippen LogP contribution in [0.5, 0.6) is 5.75 Å². The molecule has 18 heavy (non-hydrogen) atoms. The van der Waals surface area contributed by atoms with E-state index >= 15 is 0 Å². The Balaban J connectivity index is 2.98. The zero-order chi connectivity index (χ0) is 13.5. The molecule has 0 fully saturated rings. The van der Waals surface area contributed by atoms with Gasteiger partial charge in [0, 0.05) is 18.0 Å². The summed E-state index contributed by atoms with van der Waals surface area (Å²) in [5.41, 5.74) is 1.87. The Bertz CT molecular complexity index is 401. The summed E-state index contributed by atoms with van der Waals surface area (Å²) in [5.74, 6) is 1.12. The molecule has 1 aromatic carbocycles. The topological polar surface area (TPSA) is 38.3 Å². The molecule has 1 aromatic rings. The summed E-state index contributed by atoms with van der Waals surface area (Å²) in [6.07, 6.45) is 1.72. The minimum atomic E-state index is 0.0492. The van der Waals surface area contributed by atoms with Crippen LogP contribution in [0, 0.1) is 5.92 Å². The molecule has 0 heterocycles. The highest BCUT2D eigenvalue weighted by Crippen LogP contribution is 2.22. The summed E-state index contributed by atoms with van der Waals surface area (Å²) in [6.45, 7) is 4.84. The number of aryl methyl sites for hydroxylation is 1. The van der Waals surface area contributed by atoms with Gasteiger partial charge in [-0.05, 0) is 43.7 Å². The molecule has 1 atom stereocenters. The Morgan fingerprint density at radius 3 is 2.61 bits per heavy atom. The molecule has 0 aliphatic heterocycles. The average Bonchev–Trinajstić information content (AvgIpc) is 2.43. The van der Waals surface area contributed by atoms with Crippen LogP contribution in [0.3, 0.4) is 0 Å². The van der Waals surface area contributed by atoms with E-state index in [1.54, 1.807) is 7.11 Å². The van der Waals surface area contributed by atoms with Crippen LogP contribution in [0.4, 0.5) is 0 Å². The molecule has 1 N–H and O–H groups in total. The van der Waals surface area contributed by atoms with Crippen molar-refractivity contribution < 1.29 is 9.53 Å². The number of benzene rings is 1. The van der Waals surface area contributed by atoms with Crippen molar-refractivity contribution in [1.82, 2.24) is 5.32 Å². The van der Waals surface area contributed by atoms with Gasteiger partial charge in [-0.1, -0.05) is 13.8 Å². The highest BCUT2D eigenvalue weighted by molar-refractivity contribution is 5.98. The van der Waals surface area contributed by atoms with Gasteiger partial charge < -0.3 is 10.1 Å². The molecule has 1 unspecified atom stereocenters. The molecule has 0 bridgehead atoms. The fourth-order valence-corrected chi connectivity index (χ4v) is 2.11. The van der Waals surface area contributed by atoms with Gasteiger partial charge >= 0.3 is 0 Å². The van der Waals surface area contributed by atoms with Gasteiger partial charge in [0.05, 0.1) is 7.11 Å². The Morgan fingerprint density at radius 2 is 2.11 bits per heavy atom. The van der Waals surface area contributed by atoms with Crippen molar-refractivity contribution in [2.24, 2.45) is 5.92 Å². The van der Waals surface area contributed by atoms with Gasteiger partial charge in [-0.2, -0.15) is 0 Å². The predicted molar refractivity (Wildman–Crippen MR) is 74.4 cm³/mol. The summed E-state index contributed by atoms with van der Waals surface area (Å²) in [5, 5.41) is 3.08. The van der Waals surface area contributed by atoms with E-state index in [1.165, 1.54) is 0 Å². The van der Waals surface area contributed by atoms with E-state index in [0.717, 1.165) is 36.3 Å². The van der Waals surface area contributed by atoms with Crippen LogP contribution in [0.1, 0.15) is 36.2 Å². The first-order valence-electron chi connectivity index (χ1n) is 6.53. The van der Waals surface area contributed by atoms with Crippen molar-refractivity contribution in [2.45, 2.75) is 26.7 Å². The number of hydrogen-bond acceptors (Lipinski definition) is 3. The number of rotatable bonds is 7. The molecular formula is C15H23NO2. The summed E-state index contributed by atoms with van der Waals surface area (Å²) in [7, 11) is 3.53. The van der Waals surface area contributed by atoms with Crippen molar-refractivity contribution >= 4 is 5.78 Å².